The molecule has 5 heteroatoms. The predicted molar refractivity (Wildman–Crippen MR) is 64.5 cm³/mol. The summed E-state index contributed by atoms with van der Waals surface area (Å²) in [6.07, 6.45) is 2.18. The summed E-state index contributed by atoms with van der Waals surface area (Å²) in [6.45, 7) is 2.87. The van der Waals surface area contributed by atoms with E-state index in [1.54, 1.807) is 0 Å². The van der Waals surface area contributed by atoms with E-state index in [1.165, 1.54) is 0 Å². The summed E-state index contributed by atoms with van der Waals surface area (Å²) in [6, 6.07) is 7.50. The van der Waals surface area contributed by atoms with E-state index < -0.39 is 0 Å². The van der Waals surface area contributed by atoms with E-state index in [0.717, 1.165) is 30.8 Å². The molecule has 2 aromatic rings. The first-order chi connectivity index (χ1) is 8.29. The molecule has 0 fully saturated rings. The Balaban J connectivity index is 2.02. The van der Waals surface area contributed by atoms with Crippen molar-refractivity contribution >= 4 is 5.95 Å². The maximum atomic E-state index is 5.55. The Kier molecular flexibility index (Phi) is 3.59. The molecule has 1 aromatic carbocycles. The number of anilines is 1. The van der Waals surface area contributed by atoms with Crippen molar-refractivity contribution in [3.63, 3.8) is 0 Å². The minimum Gasteiger partial charge on any atom is -0.494 e. The highest BCUT2D eigenvalue weighted by Gasteiger charge is 2.06. The largest absolute Gasteiger partial charge is 0.494 e. The van der Waals surface area contributed by atoms with Crippen LogP contribution in [0.4, 0.5) is 5.95 Å². The molecule has 90 valence electrons. The molecule has 1 heterocycles. The van der Waals surface area contributed by atoms with Gasteiger partial charge in [0.2, 0.25) is 0 Å². The van der Waals surface area contributed by atoms with Gasteiger partial charge in [-0.1, -0.05) is 13.3 Å². The number of benzene rings is 1. The van der Waals surface area contributed by atoms with Crippen molar-refractivity contribution in [1.82, 2.24) is 10.1 Å². The van der Waals surface area contributed by atoms with E-state index in [0.29, 0.717) is 5.89 Å². The van der Waals surface area contributed by atoms with Crippen molar-refractivity contribution in [2.45, 2.75) is 19.8 Å². The van der Waals surface area contributed by atoms with E-state index in [9.17, 15) is 0 Å². The van der Waals surface area contributed by atoms with Crippen molar-refractivity contribution in [2.75, 3.05) is 12.3 Å². The molecule has 0 radical (unpaired) electrons. The molecule has 0 spiro atoms. The lowest BCUT2D eigenvalue weighted by atomic mass is 10.2. The maximum absolute atomic E-state index is 5.55. The van der Waals surface area contributed by atoms with Crippen LogP contribution in [0.25, 0.3) is 11.5 Å². The lowest BCUT2D eigenvalue weighted by Gasteiger charge is -2.04. The second-order valence-corrected chi connectivity index (χ2v) is 3.68. The van der Waals surface area contributed by atoms with Crippen LogP contribution >= 0.6 is 0 Å². The van der Waals surface area contributed by atoms with Gasteiger partial charge in [0.25, 0.3) is 11.8 Å². The molecule has 0 atom stereocenters. The van der Waals surface area contributed by atoms with Gasteiger partial charge in [0.15, 0.2) is 0 Å². The highest BCUT2D eigenvalue weighted by molar-refractivity contribution is 5.55. The van der Waals surface area contributed by atoms with Crippen LogP contribution in [0.1, 0.15) is 19.8 Å². The maximum Gasteiger partial charge on any atom is 0.261 e. The predicted octanol–water partition coefficient (Wildman–Crippen LogP) is 2.50. The Labute approximate surface area is 99.6 Å². The molecule has 0 saturated carbocycles. The van der Waals surface area contributed by atoms with Gasteiger partial charge < -0.3 is 15.0 Å². The summed E-state index contributed by atoms with van der Waals surface area (Å²) in [5.74, 6) is 1.40. The zero-order valence-electron chi connectivity index (χ0n) is 9.72. The number of ether oxygens (including phenoxy) is 1. The van der Waals surface area contributed by atoms with Crippen molar-refractivity contribution in [1.29, 1.82) is 0 Å². The number of rotatable bonds is 5. The Morgan fingerprint density at radius 3 is 2.65 bits per heavy atom. The number of nitrogen functional groups attached to an aromatic ring is 1. The molecule has 0 aliphatic carbocycles. The highest BCUT2D eigenvalue weighted by Crippen LogP contribution is 2.21. The lowest BCUT2D eigenvalue weighted by molar-refractivity contribution is 0.309. The minimum absolute atomic E-state index is 0.142. The van der Waals surface area contributed by atoms with Crippen LogP contribution in [0.15, 0.2) is 28.8 Å². The fourth-order valence-corrected chi connectivity index (χ4v) is 1.38. The zero-order valence-corrected chi connectivity index (χ0v) is 9.72. The first-order valence-electron chi connectivity index (χ1n) is 5.62. The fourth-order valence-electron chi connectivity index (χ4n) is 1.38. The van der Waals surface area contributed by atoms with Gasteiger partial charge in [0.1, 0.15) is 5.75 Å². The van der Waals surface area contributed by atoms with Gasteiger partial charge in [0.05, 0.1) is 6.61 Å². The Morgan fingerprint density at radius 2 is 2.06 bits per heavy atom. The quantitative estimate of drug-likeness (QED) is 0.803. The lowest BCUT2D eigenvalue weighted by Crippen LogP contribution is -1.95. The standard InChI is InChI=1S/C12H15N3O2/c1-2-3-8-16-10-6-4-9(5-7-10)11-14-12(13)15-17-11/h4-7H,2-3,8H2,1H3,(H2,13,15). The smallest absolute Gasteiger partial charge is 0.261 e. The molecule has 1 aromatic heterocycles. The summed E-state index contributed by atoms with van der Waals surface area (Å²) in [7, 11) is 0. The molecule has 0 saturated heterocycles. The third-order valence-corrected chi connectivity index (χ3v) is 2.31. The van der Waals surface area contributed by atoms with Gasteiger partial charge in [-0.25, -0.2) is 0 Å². The zero-order chi connectivity index (χ0) is 12.1. The van der Waals surface area contributed by atoms with Crippen LogP contribution in [0.5, 0.6) is 5.75 Å². The fraction of sp³-hybridized carbons (Fsp3) is 0.333. The van der Waals surface area contributed by atoms with E-state index in [4.69, 9.17) is 15.0 Å². The third kappa shape index (κ3) is 2.96. The van der Waals surface area contributed by atoms with Crippen LogP contribution in [-0.2, 0) is 0 Å². The Hall–Kier alpha value is -2.04. The van der Waals surface area contributed by atoms with Crippen LogP contribution in [0.3, 0.4) is 0 Å². The molecule has 2 N–H and O–H groups in total. The molecule has 0 amide bonds. The van der Waals surface area contributed by atoms with Crippen molar-refractivity contribution < 1.29 is 9.26 Å². The Morgan fingerprint density at radius 1 is 1.29 bits per heavy atom. The number of unbranched alkanes of at least 4 members (excludes halogenated alkanes) is 1. The molecular weight excluding hydrogens is 218 g/mol. The number of nitrogens with zero attached hydrogens (tertiary/aromatic N) is 2. The van der Waals surface area contributed by atoms with E-state index in [-0.39, 0.29) is 5.95 Å². The summed E-state index contributed by atoms with van der Waals surface area (Å²) >= 11 is 0. The summed E-state index contributed by atoms with van der Waals surface area (Å²) in [5.41, 5.74) is 6.22. The molecule has 0 aliphatic rings. The molecule has 5 nitrogen and oxygen atoms in total. The molecule has 0 bridgehead atoms. The van der Waals surface area contributed by atoms with E-state index in [2.05, 4.69) is 17.1 Å². The summed E-state index contributed by atoms with van der Waals surface area (Å²) in [4.78, 5) is 3.95. The summed E-state index contributed by atoms with van der Waals surface area (Å²) < 4.78 is 10.5. The number of nitrogens with two attached hydrogens (primary N) is 1. The first-order valence-corrected chi connectivity index (χ1v) is 5.62. The van der Waals surface area contributed by atoms with Crippen LogP contribution in [0.2, 0.25) is 0 Å². The van der Waals surface area contributed by atoms with Gasteiger partial charge in [-0.3, -0.25) is 0 Å². The SMILES string of the molecule is CCCCOc1ccc(-c2nc(N)no2)cc1. The first kappa shape index (κ1) is 11.4. The molecular formula is C12H15N3O2. The average Bonchev–Trinajstić information content (AvgIpc) is 2.77. The molecule has 17 heavy (non-hydrogen) atoms. The topological polar surface area (TPSA) is 74.2 Å². The molecule has 0 unspecified atom stereocenters. The van der Waals surface area contributed by atoms with Crippen molar-refractivity contribution in [3.05, 3.63) is 24.3 Å². The van der Waals surface area contributed by atoms with E-state index in [1.807, 2.05) is 24.3 Å². The average molecular weight is 233 g/mol. The molecule has 2 rings (SSSR count). The van der Waals surface area contributed by atoms with Gasteiger partial charge in [-0.05, 0) is 35.8 Å². The van der Waals surface area contributed by atoms with Crippen molar-refractivity contribution in [2.24, 2.45) is 0 Å². The number of aromatic nitrogens is 2. The van der Waals surface area contributed by atoms with Crippen LogP contribution in [-0.4, -0.2) is 16.7 Å². The van der Waals surface area contributed by atoms with Crippen molar-refractivity contribution in [3.8, 4) is 17.2 Å². The van der Waals surface area contributed by atoms with Gasteiger partial charge in [0, 0.05) is 5.56 Å². The second kappa shape index (κ2) is 5.34. The summed E-state index contributed by atoms with van der Waals surface area (Å²) in [5, 5.41) is 3.54. The van der Waals surface area contributed by atoms with Gasteiger partial charge in [-0.15, -0.1) is 0 Å². The highest BCUT2D eigenvalue weighted by atomic mass is 16.5. The van der Waals surface area contributed by atoms with Crippen LogP contribution < -0.4 is 10.5 Å². The Bertz CT molecular complexity index is 465. The van der Waals surface area contributed by atoms with E-state index >= 15 is 0 Å². The monoisotopic (exact) mass is 233 g/mol. The number of hydrogen-bond acceptors (Lipinski definition) is 5. The van der Waals surface area contributed by atoms with Gasteiger partial charge in [-0.2, -0.15) is 4.98 Å². The normalized spacial score (nSPS) is 10.4. The van der Waals surface area contributed by atoms with Crippen LogP contribution in [0, 0.1) is 0 Å². The third-order valence-electron chi connectivity index (χ3n) is 2.31. The van der Waals surface area contributed by atoms with Gasteiger partial charge >= 0.3 is 0 Å². The molecule has 0 aliphatic heterocycles. The minimum atomic E-state index is 0.142. The second-order valence-electron chi connectivity index (χ2n) is 3.68. The number of hydrogen-bond donors (Lipinski definition) is 1.